The average molecular weight is 658 g/mol. The van der Waals surface area contributed by atoms with E-state index in [9.17, 15) is 24.5 Å². The first-order valence-corrected chi connectivity index (χ1v) is 16.6. The quantitative estimate of drug-likeness (QED) is 0.0731. The average Bonchev–Trinajstić information content (AvgIpc) is 3.12. The van der Waals surface area contributed by atoms with E-state index < -0.39 is 16.2 Å². The maximum atomic E-state index is 13.9. The molecule has 49 heavy (non-hydrogen) atoms. The van der Waals surface area contributed by atoms with E-state index in [0.717, 1.165) is 43.5 Å². The first-order valence-electron chi connectivity index (χ1n) is 16.6. The van der Waals surface area contributed by atoms with Gasteiger partial charge >= 0.3 is 5.69 Å². The number of carbonyl (C=O) groups excluding carboxylic acids is 1. The molecule has 0 N–H and O–H groups in total. The summed E-state index contributed by atoms with van der Waals surface area (Å²) in [5.41, 5.74) is 5.30. The summed E-state index contributed by atoms with van der Waals surface area (Å²) < 4.78 is 2.23. The number of aromatic nitrogens is 3. The van der Waals surface area contributed by atoms with Gasteiger partial charge in [-0.15, -0.1) is 0 Å². The van der Waals surface area contributed by atoms with Crippen LogP contribution in [0.25, 0.3) is 27.7 Å². The summed E-state index contributed by atoms with van der Waals surface area (Å²) in [6, 6.07) is 27.0. The smallest absolute Gasteiger partial charge is 0.303 e. The number of unbranched alkanes of at least 4 members (excludes halogenated alkanes) is 1. The second-order valence-electron chi connectivity index (χ2n) is 12.6. The number of pyridine rings is 1. The monoisotopic (exact) mass is 657 g/mol. The summed E-state index contributed by atoms with van der Waals surface area (Å²) in [5, 5.41) is 11.7. The van der Waals surface area contributed by atoms with Gasteiger partial charge in [0.05, 0.1) is 16.0 Å². The molecule has 0 radical (unpaired) electrons. The van der Waals surface area contributed by atoms with Gasteiger partial charge in [0.1, 0.15) is 5.65 Å². The molecule has 0 aliphatic carbocycles. The number of non-ortho nitro benzene ring substituents is 1. The molecule has 10 nitrogen and oxygen atoms in total. The summed E-state index contributed by atoms with van der Waals surface area (Å²) in [5.74, 6) is -0.191. The molecule has 0 amide bonds. The molecule has 2 aromatic heterocycles. The minimum absolute atomic E-state index is 0.0848. The lowest BCUT2D eigenvalue weighted by molar-refractivity contribution is -0.384. The third-order valence-electron chi connectivity index (χ3n) is 9.46. The lowest BCUT2D eigenvalue weighted by Gasteiger charge is -2.30. The molecule has 3 aromatic carbocycles. The topological polar surface area (TPSA) is 120 Å². The molecular formula is C39H39N5O5. The fourth-order valence-electron chi connectivity index (χ4n) is 6.94. The van der Waals surface area contributed by atoms with E-state index in [1.807, 2.05) is 12.1 Å². The van der Waals surface area contributed by atoms with Crippen molar-refractivity contribution in [2.45, 2.75) is 39.0 Å². The zero-order valence-electron chi connectivity index (χ0n) is 28.0. The lowest BCUT2D eigenvalue weighted by atomic mass is 9.88. The van der Waals surface area contributed by atoms with Crippen molar-refractivity contribution in [2.75, 3.05) is 19.6 Å². The first kappa shape index (κ1) is 33.4. The Morgan fingerprint density at radius 3 is 2.10 bits per heavy atom. The fourth-order valence-corrected chi connectivity index (χ4v) is 6.94. The van der Waals surface area contributed by atoms with E-state index in [0.29, 0.717) is 17.7 Å². The molecule has 0 spiro atoms. The van der Waals surface area contributed by atoms with Crippen molar-refractivity contribution in [1.29, 1.82) is 0 Å². The Morgan fingerprint density at radius 1 is 0.857 bits per heavy atom. The van der Waals surface area contributed by atoms with Crippen LogP contribution in [-0.4, -0.2) is 49.4 Å². The summed E-state index contributed by atoms with van der Waals surface area (Å²) >= 11 is 0. The van der Waals surface area contributed by atoms with Crippen LogP contribution in [-0.2, 0) is 14.1 Å². The Bertz CT molecular complexity index is 2150. The number of piperidine rings is 1. The number of nitro benzene ring substituents is 1. The van der Waals surface area contributed by atoms with Crippen molar-refractivity contribution in [3.8, 4) is 11.1 Å². The van der Waals surface area contributed by atoms with Gasteiger partial charge in [-0.3, -0.25) is 28.8 Å². The minimum atomic E-state index is -0.609. The number of hydrogen-bond acceptors (Lipinski definition) is 7. The van der Waals surface area contributed by atoms with E-state index in [1.165, 1.54) is 59.1 Å². The van der Waals surface area contributed by atoms with E-state index in [1.54, 1.807) is 13.0 Å². The molecule has 1 saturated heterocycles. The summed E-state index contributed by atoms with van der Waals surface area (Å²) in [4.78, 5) is 58.3. The number of likely N-dealkylation sites (tertiary alicyclic amines) is 1. The fraction of sp³-hybridized carbons (Fsp3) is 0.282. The maximum Gasteiger partial charge on any atom is 0.332 e. The van der Waals surface area contributed by atoms with Crippen molar-refractivity contribution < 1.29 is 9.72 Å². The van der Waals surface area contributed by atoms with Gasteiger partial charge in [-0.25, -0.2) is 9.78 Å². The Labute approximate surface area is 284 Å². The minimum Gasteiger partial charge on any atom is -0.303 e. The SMILES string of the molecule is Cc1nc2c(c(-c3cccc([N+](=O)[O-])c3)c1C(=O)CCCCN1CCC(=C(c3ccccc3)c3ccccc3)CC1)c(=O)n(C)c(=O)n2C. The molecule has 0 saturated carbocycles. The number of aryl methyl sites for hydroxylation is 2. The standard InChI is InChI=1S/C39H39N5O5/c1-26-33(35(30-17-12-18-31(25-30)44(48)49)36-37(40-26)41(2)39(47)42(3)38(36)46)32(45)19-10-11-22-43-23-20-29(21-24-43)34(27-13-6-4-7-14-27)28-15-8-5-9-16-28/h4-9,12-18,25H,10-11,19-24H2,1-3H3. The second kappa shape index (κ2) is 14.3. The molecule has 1 aliphatic heterocycles. The number of nitrogens with zero attached hydrogens (tertiary/aromatic N) is 5. The van der Waals surface area contributed by atoms with Crippen LogP contribution in [0.2, 0.25) is 0 Å². The normalized spacial score (nSPS) is 13.5. The molecule has 0 bridgehead atoms. The van der Waals surface area contributed by atoms with Crippen molar-refractivity contribution in [2.24, 2.45) is 14.1 Å². The van der Waals surface area contributed by atoms with Crippen molar-refractivity contribution in [3.05, 3.63) is 144 Å². The first-order chi connectivity index (χ1) is 23.7. The van der Waals surface area contributed by atoms with Crippen LogP contribution in [0, 0.1) is 17.0 Å². The van der Waals surface area contributed by atoms with Crippen LogP contribution < -0.4 is 11.2 Å². The molecule has 0 unspecified atom stereocenters. The molecule has 1 aliphatic rings. The highest BCUT2D eigenvalue weighted by atomic mass is 16.6. The molecule has 10 heteroatoms. The summed E-state index contributed by atoms with van der Waals surface area (Å²) in [6.45, 7) is 4.42. The molecule has 3 heterocycles. The van der Waals surface area contributed by atoms with E-state index in [4.69, 9.17) is 0 Å². The molecule has 5 aromatic rings. The van der Waals surface area contributed by atoms with Crippen LogP contribution in [0.4, 0.5) is 5.69 Å². The van der Waals surface area contributed by atoms with Crippen molar-refractivity contribution in [3.63, 3.8) is 0 Å². The van der Waals surface area contributed by atoms with Crippen LogP contribution in [0.1, 0.15) is 59.3 Å². The number of ketones is 1. The molecule has 6 rings (SSSR count). The number of Topliss-reactive ketones (excluding diaryl/α,β-unsaturated/α-hetero) is 1. The van der Waals surface area contributed by atoms with E-state index in [2.05, 4.69) is 58.4 Å². The Balaban J connectivity index is 1.20. The van der Waals surface area contributed by atoms with Crippen LogP contribution >= 0.6 is 0 Å². The highest BCUT2D eigenvalue weighted by Gasteiger charge is 2.26. The van der Waals surface area contributed by atoms with E-state index >= 15 is 0 Å². The predicted molar refractivity (Wildman–Crippen MR) is 192 cm³/mol. The predicted octanol–water partition coefficient (Wildman–Crippen LogP) is 6.47. The summed E-state index contributed by atoms with van der Waals surface area (Å²) in [7, 11) is 2.88. The maximum absolute atomic E-state index is 13.9. The van der Waals surface area contributed by atoms with Crippen molar-refractivity contribution >= 4 is 28.1 Å². The van der Waals surface area contributed by atoms with Gasteiger partial charge in [-0.05, 0) is 61.4 Å². The Hall–Kier alpha value is -5.48. The van der Waals surface area contributed by atoms with Crippen molar-refractivity contribution in [1.82, 2.24) is 19.0 Å². The third-order valence-corrected chi connectivity index (χ3v) is 9.46. The Kier molecular flexibility index (Phi) is 9.77. The largest absolute Gasteiger partial charge is 0.332 e. The molecule has 1 fully saturated rings. The third kappa shape index (κ3) is 6.77. The van der Waals surface area contributed by atoms with Crippen LogP contribution in [0.3, 0.4) is 0 Å². The molecular weight excluding hydrogens is 618 g/mol. The number of hydrogen-bond donors (Lipinski definition) is 0. The summed E-state index contributed by atoms with van der Waals surface area (Å²) in [6.07, 6.45) is 3.63. The van der Waals surface area contributed by atoms with Gasteiger partial charge in [0.25, 0.3) is 11.2 Å². The van der Waals surface area contributed by atoms with Crippen LogP contribution in [0.5, 0.6) is 0 Å². The number of benzene rings is 3. The second-order valence-corrected chi connectivity index (χ2v) is 12.6. The van der Waals surface area contributed by atoms with Gasteiger partial charge in [0, 0.05) is 56.9 Å². The number of nitro groups is 1. The highest BCUT2D eigenvalue weighted by molar-refractivity contribution is 6.10. The van der Waals surface area contributed by atoms with Gasteiger partial charge in [-0.1, -0.05) is 78.4 Å². The van der Waals surface area contributed by atoms with Gasteiger partial charge in [0.15, 0.2) is 5.78 Å². The van der Waals surface area contributed by atoms with Crippen LogP contribution in [0.15, 0.2) is 100 Å². The van der Waals surface area contributed by atoms with Gasteiger partial charge in [-0.2, -0.15) is 0 Å². The van der Waals surface area contributed by atoms with Gasteiger partial charge in [0.2, 0.25) is 0 Å². The number of fused-ring (bicyclic) bond motifs is 1. The highest BCUT2D eigenvalue weighted by Crippen LogP contribution is 2.35. The van der Waals surface area contributed by atoms with E-state index in [-0.39, 0.29) is 40.1 Å². The molecule has 250 valence electrons. The zero-order valence-corrected chi connectivity index (χ0v) is 28.0. The number of carbonyl (C=O) groups is 1. The number of rotatable bonds is 10. The Morgan fingerprint density at radius 2 is 1.49 bits per heavy atom. The van der Waals surface area contributed by atoms with Gasteiger partial charge < -0.3 is 4.90 Å². The molecule has 0 atom stereocenters. The lowest BCUT2D eigenvalue weighted by Crippen LogP contribution is -2.38. The zero-order chi connectivity index (χ0) is 34.7.